The van der Waals surface area contributed by atoms with Gasteiger partial charge in [0, 0.05) is 23.6 Å². The van der Waals surface area contributed by atoms with Crippen LogP contribution in [0.25, 0.3) is 10.9 Å². The summed E-state index contributed by atoms with van der Waals surface area (Å²) in [7, 11) is 0. The molecule has 0 amide bonds. The van der Waals surface area contributed by atoms with E-state index in [9.17, 15) is 27.9 Å². The third kappa shape index (κ3) is 4.08. The Morgan fingerprint density at radius 2 is 2.00 bits per heavy atom. The Balaban J connectivity index is 2.12. The summed E-state index contributed by atoms with van der Waals surface area (Å²) in [5.41, 5.74) is -2.53. The molecule has 0 saturated carbocycles. The van der Waals surface area contributed by atoms with Crippen LogP contribution in [0.4, 0.5) is 13.2 Å². The van der Waals surface area contributed by atoms with Crippen molar-refractivity contribution >= 4 is 34.3 Å². The summed E-state index contributed by atoms with van der Waals surface area (Å²) in [6.07, 6.45) is -3.26. The first-order chi connectivity index (χ1) is 13.2. The fourth-order valence-electron chi connectivity index (χ4n) is 2.63. The maximum absolute atomic E-state index is 13.4. The molecule has 3 rings (SSSR count). The molecule has 0 aliphatic carbocycles. The number of nitrogens with one attached hydrogen (secondary N) is 2. The topological polar surface area (TPSA) is 98.8 Å². The number of halogens is 4. The van der Waals surface area contributed by atoms with Crippen molar-refractivity contribution in [2.45, 2.75) is 17.0 Å². The van der Waals surface area contributed by atoms with Gasteiger partial charge in [0.25, 0.3) is 5.56 Å². The van der Waals surface area contributed by atoms with E-state index in [2.05, 4.69) is 9.97 Å². The third-order valence-corrected chi connectivity index (χ3v) is 5.76. The van der Waals surface area contributed by atoms with Gasteiger partial charge in [-0.3, -0.25) is 14.8 Å². The van der Waals surface area contributed by atoms with E-state index >= 15 is 0 Å². The summed E-state index contributed by atoms with van der Waals surface area (Å²) in [6, 6.07) is 5.71. The lowest BCUT2D eigenvalue weighted by atomic mass is 10.1. The van der Waals surface area contributed by atoms with Gasteiger partial charge in [-0.2, -0.15) is 13.2 Å². The number of aliphatic hydroxyl groups is 1. The number of thioether (sulfide) groups is 1. The molecule has 1 atom stereocenters. The van der Waals surface area contributed by atoms with Gasteiger partial charge in [-0.15, -0.1) is 11.8 Å². The number of hydrogen-bond donors (Lipinski definition) is 3. The first-order valence-corrected chi connectivity index (χ1v) is 9.29. The van der Waals surface area contributed by atoms with E-state index < -0.39 is 33.9 Å². The molecule has 11 heteroatoms. The molecule has 1 unspecified atom stereocenters. The van der Waals surface area contributed by atoms with Crippen LogP contribution in [-0.2, 0) is 6.18 Å². The van der Waals surface area contributed by atoms with E-state index in [1.165, 1.54) is 6.20 Å². The van der Waals surface area contributed by atoms with E-state index in [0.717, 1.165) is 11.8 Å². The second-order valence-corrected chi connectivity index (χ2v) is 7.25. The number of aromatic amines is 2. The molecule has 6 nitrogen and oxygen atoms in total. The Kier molecular flexibility index (Phi) is 5.82. The molecular weight excluding hydrogens is 419 g/mol. The van der Waals surface area contributed by atoms with Gasteiger partial charge >= 0.3 is 11.9 Å². The molecule has 2 aromatic heterocycles. The summed E-state index contributed by atoms with van der Waals surface area (Å²) in [5.74, 6) is -0.362. The average molecular weight is 432 g/mol. The molecule has 0 aliphatic rings. The average Bonchev–Trinajstić information content (AvgIpc) is 2.63. The van der Waals surface area contributed by atoms with Gasteiger partial charge in [0.2, 0.25) is 0 Å². The van der Waals surface area contributed by atoms with Crippen molar-refractivity contribution in [2.24, 2.45) is 0 Å². The highest BCUT2D eigenvalue weighted by molar-refractivity contribution is 7.99. The van der Waals surface area contributed by atoms with Crippen molar-refractivity contribution in [3.05, 3.63) is 67.6 Å². The van der Waals surface area contributed by atoms with Crippen molar-refractivity contribution < 1.29 is 18.3 Å². The normalized spacial score (nSPS) is 13.0. The van der Waals surface area contributed by atoms with E-state index in [1.54, 1.807) is 18.2 Å². The van der Waals surface area contributed by atoms with E-state index in [1.807, 2.05) is 4.98 Å². The minimum atomic E-state index is -4.79. The van der Waals surface area contributed by atoms with Gasteiger partial charge in [-0.25, -0.2) is 4.79 Å². The highest BCUT2D eigenvalue weighted by atomic mass is 35.5. The third-order valence-electron chi connectivity index (χ3n) is 3.99. The molecule has 28 heavy (non-hydrogen) atoms. The van der Waals surface area contributed by atoms with Crippen molar-refractivity contribution in [1.29, 1.82) is 0 Å². The first-order valence-electron chi connectivity index (χ1n) is 7.93. The highest BCUT2D eigenvalue weighted by Crippen LogP contribution is 2.43. The fraction of sp³-hybridized carbons (Fsp3) is 0.235. The number of H-pyrrole nitrogens is 2. The number of hydrogen-bond acceptors (Lipinski definition) is 5. The van der Waals surface area contributed by atoms with Crippen molar-refractivity contribution in [1.82, 2.24) is 15.0 Å². The molecule has 0 saturated heterocycles. The molecule has 3 aromatic rings. The van der Waals surface area contributed by atoms with Crippen LogP contribution in [0.3, 0.4) is 0 Å². The molecule has 148 valence electrons. The van der Waals surface area contributed by atoms with Crippen molar-refractivity contribution in [3.63, 3.8) is 0 Å². The predicted octanol–water partition coefficient (Wildman–Crippen LogP) is 3.15. The molecule has 0 fully saturated rings. The van der Waals surface area contributed by atoms with Crippen LogP contribution in [0.1, 0.15) is 17.2 Å². The van der Waals surface area contributed by atoms with Gasteiger partial charge in [0.1, 0.15) is 0 Å². The van der Waals surface area contributed by atoms with Crippen LogP contribution in [0.15, 0.2) is 44.9 Å². The minimum absolute atomic E-state index is 0.0885. The predicted molar refractivity (Wildman–Crippen MR) is 100.0 cm³/mol. The van der Waals surface area contributed by atoms with E-state index in [4.69, 9.17) is 11.6 Å². The Morgan fingerprint density at radius 1 is 1.25 bits per heavy atom. The van der Waals surface area contributed by atoms with Gasteiger partial charge in [0.15, 0.2) is 0 Å². The van der Waals surface area contributed by atoms with Crippen LogP contribution in [0, 0.1) is 0 Å². The highest BCUT2D eigenvalue weighted by Gasteiger charge is 2.35. The van der Waals surface area contributed by atoms with Gasteiger partial charge < -0.3 is 10.1 Å². The molecular formula is C17H13ClF3N3O3S. The van der Waals surface area contributed by atoms with Crippen LogP contribution < -0.4 is 11.2 Å². The zero-order valence-electron chi connectivity index (χ0n) is 14.0. The molecule has 3 N–H and O–H groups in total. The summed E-state index contributed by atoms with van der Waals surface area (Å²) < 4.78 is 40.1. The smallest absolute Gasteiger partial charge is 0.396 e. The second kappa shape index (κ2) is 7.98. The van der Waals surface area contributed by atoms with Crippen molar-refractivity contribution in [3.8, 4) is 0 Å². The summed E-state index contributed by atoms with van der Waals surface area (Å²) >= 11 is 6.89. The van der Waals surface area contributed by atoms with E-state index in [-0.39, 0.29) is 28.2 Å². The van der Waals surface area contributed by atoms with E-state index in [0.29, 0.717) is 11.8 Å². The quantitative estimate of drug-likeness (QED) is 0.539. The Labute approximate surface area is 164 Å². The van der Waals surface area contributed by atoms with Gasteiger partial charge in [-0.05, 0) is 18.2 Å². The largest absolute Gasteiger partial charge is 0.417 e. The number of aliphatic hydroxyl groups excluding tert-OH is 1. The number of fused-ring (bicyclic) bond motifs is 1. The number of nitrogens with zero attached hydrogens (tertiary/aromatic N) is 1. The summed E-state index contributed by atoms with van der Waals surface area (Å²) in [4.78, 5) is 31.9. The molecule has 2 heterocycles. The number of pyridine rings is 1. The first kappa shape index (κ1) is 20.4. The van der Waals surface area contributed by atoms with Crippen LogP contribution >= 0.6 is 23.4 Å². The van der Waals surface area contributed by atoms with Crippen LogP contribution in [-0.4, -0.2) is 32.4 Å². The monoisotopic (exact) mass is 431 g/mol. The molecule has 0 aliphatic heterocycles. The van der Waals surface area contributed by atoms with Crippen LogP contribution in [0.5, 0.6) is 0 Å². The molecule has 1 aromatic carbocycles. The molecule has 0 spiro atoms. The zero-order valence-corrected chi connectivity index (χ0v) is 15.6. The second-order valence-electron chi connectivity index (χ2n) is 5.84. The maximum atomic E-state index is 13.4. The lowest BCUT2D eigenvalue weighted by molar-refractivity contribution is -0.137. The SMILES string of the molecule is O=c1[nH]c(=O)c2cc(C(F)(F)F)c(Cl)c(SCC(CO)c3ccccn3)c2[nH]1. The standard InChI is InChI=1S/C17H13ClF3N3O3S/c18-12-10(17(19,20)21)5-9-13(23-16(27)24-15(9)26)14(12)28-7-8(6-25)11-3-1-2-4-22-11/h1-5,8,25H,6-7H2,(H2,23,24,26,27). The van der Waals surface area contributed by atoms with Crippen LogP contribution in [0.2, 0.25) is 5.02 Å². The number of rotatable bonds is 5. The Bertz CT molecular complexity index is 1120. The molecule has 0 bridgehead atoms. The van der Waals surface area contributed by atoms with Crippen molar-refractivity contribution in [2.75, 3.05) is 12.4 Å². The lowest BCUT2D eigenvalue weighted by Gasteiger charge is -2.17. The number of benzene rings is 1. The minimum Gasteiger partial charge on any atom is -0.396 e. The molecule has 0 radical (unpaired) electrons. The summed E-state index contributed by atoms with van der Waals surface area (Å²) in [5, 5.41) is 8.68. The van der Waals surface area contributed by atoms with Gasteiger partial charge in [-0.1, -0.05) is 17.7 Å². The zero-order chi connectivity index (χ0) is 20.5. The number of alkyl halides is 3. The lowest BCUT2D eigenvalue weighted by Crippen LogP contribution is -2.23. The fourth-order valence-corrected chi connectivity index (χ4v) is 4.23. The van der Waals surface area contributed by atoms with Gasteiger partial charge in [0.05, 0.1) is 33.0 Å². The summed E-state index contributed by atoms with van der Waals surface area (Å²) in [6.45, 7) is -0.296. The maximum Gasteiger partial charge on any atom is 0.417 e. The number of aromatic nitrogens is 3. The Morgan fingerprint density at radius 3 is 2.61 bits per heavy atom. The Hall–Kier alpha value is -2.30.